The summed E-state index contributed by atoms with van der Waals surface area (Å²) < 4.78 is 0. The van der Waals surface area contributed by atoms with Crippen LogP contribution >= 0.6 is 0 Å². The van der Waals surface area contributed by atoms with Gasteiger partial charge in [-0.1, -0.05) is 24.3 Å². The number of aliphatic hydroxyl groups is 1. The van der Waals surface area contributed by atoms with Crippen LogP contribution in [-0.2, 0) is 0 Å². The van der Waals surface area contributed by atoms with Crippen molar-refractivity contribution in [3.63, 3.8) is 0 Å². The molecule has 2 heterocycles. The van der Waals surface area contributed by atoms with Gasteiger partial charge in [-0.3, -0.25) is 0 Å². The van der Waals surface area contributed by atoms with E-state index in [4.69, 9.17) is 0 Å². The van der Waals surface area contributed by atoms with Crippen molar-refractivity contribution >= 4 is 33.7 Å². The summed E-state index contributed by atoms with van der Waals surface area (Å²) >= 11 is 0. The first-order chi connectivity index (χ1) is 11.3. The SMILES string of the molecule is OCCC(=Cc1nc2ccccc2[nH]1)c1nc2ccccc2[nH]1. The summed E-state index contributed by atoms with van der Waals surface area (Å²) in [6.45, 7) is 0.0586. The van der Waals surface area contributed by atoms with Crippen molar-refractivity contribution < 1.29 is 5.11 Å². The molecular formula is C18H16N4O. The molecule has 0 saturated heterocycles. The van der Waals surface area contributed by atoms with Crippen LogP contribution in [0.1, 0.15) is 18.1 Å². The van der Waals surface area contributed by atoms with Gasteiger partial charge in [0, 0.05) is 12.2 Å². The van der Waals surface area contributed by atoms with Gasteiger partial charge in [-0.2, -0.15) is 0 Å². The molecule has 2 aromatic heterocycles. The Morgan fingerprint density at radius 3 is 2.22 bits per heavy atom. The van der Waals surface area contributed by atoms with E-state index in [-0.39, 0.29) is 6.61 Å². The number of hydrogen-bond donors (Lipinski definition) is 3. The Labute approximate surface area is 132 Å². The molecule has 3 N–H and O–H groups in total. The van der Waals surface area contributed by atoms with E-state index in [1.807, 2.05) is 54.6 Å². The first-order valence-electron chi connectivity index (χ1n) is 7.55. The second-order valence-electron chi connectivity index (χ2n) is 5.38. The van der Waals surface area contributed by atoms with E-state index < -0.39 is 0 Å². The molecular weight excluding hydrogens is 288 g/mol. The number of aliphatic hydroxyl groups excluding tert-OH is 1. The third-order valence-corrected chi connectivity index (χ3v) is 3.79. The van der Waals surface area contributed by atoms with Crippen LogP contribution in [0.5, 0.6) is 0 Å². The molecule has 0 aliphatic rings. The molecule has 0 unspecified atom stereocenters. The van der Waals surface area contributed by atoms with Crippen molar-refractivity contribution in [2.24, 2.45) is 0 Å². The highest BCUT2D eigenvalue weighted by molar-refractivity contribution is 5.85. The summed E-state index contributed by atoms with van der Waals surface area (Å²) in [5.74, 6) is 1.52. The predicted octanol–water partition coefficient (Wildman–Crippen LogP) is 3.36. The average molecular weight is 304 g/mol. The molecule has 5 heteroatoms. The number of aromatic nitrogens is 4. The van der Waals surface area contributed by atoms with E-state index in [2.05, 4.69) is 19.9 Å². The highest BCUT2D eigenvalue weighted by Crippen LogP contribution is 2.22. The zero-order chi connectivity index (χ0) is 15.6. The molecule has 0 aliphatic heterocycles. The maximum Gasteiger partial charge on any atom is 0.134 e. The van der Waals surface area contributed by atoms with Crippen LogP contribution in [0.15, 0.2) is 48.5 Å². The van der Waals surface area contributed by atoms with Gasteiger partial charge in [-0.25, -0.2) is 9.97 Å². The zero-order valence-corrected chi connectivity index (χ0v) is 12.5. The molecule has 23 heavy (non-hydrogen) atoms. The minimum Gasteiger partial charge on any atom is -0.396 e. The number of imidazole rings is 2. The molecule has 0 radical (unpaired) electrons. The summed E-state index contributed by atoms with van der Waals surface area (Å²) in [6, 6.07) is 15.8. The normalized spacial score (nSPS) is 12.3. The Kier molecular flexibility index (Phi) is 3.40. The number of aromatic amines is 2. The standard InChI is InChI=1S/C18H16N4O/c23-10-9-12(18-21-15-7-3-4-8-16(15)22-18)11-17-19-13-5-1-2-6-14(13)20-17/h1-8,11,23H,9-10H2,(H,19,20)(H,21,22). The van der Waals surface area contributed by atoms with Crippen LogP contribution in [0, 0.1) is 0 Å². The van der Waals surface area contributed by atoms with E-state index in [9.17, 15) is 5.11 Å². The molecule has 2 aromatic carbocycles. The zero-order valence-electron chi connectivity index (χ0n) is 12.5. The molecule has 0 saturated carbocycles. The van der Waals surface area contributed by atoms with Crippen molar-refractivity contribution in [1.29, 1.82) is 0 Å². The first-order valence-corrected chi connectivity index (χ1v) is 7.55. The van der Waals surface area contributed by atoms with Crippen molar-refractivity contribution in [3.8, 4) is 0 Å². The third-order valence-electron chi connectivity index (χ3n) is 3.79. The summed E-state index contributed by atoms with van der Waals surface area (Å²) in [7, 11) is 0. The Morgan fingerprint density at radius 2 is 1.57 bits per heavy atom. The Hall–Kier alpha value is -2.92. The summed E-state index contributed by atoms with van der Waals surface area (Å²) in [5, 5.41) is 9.38. The van der Waals surface area contributed by atoms with Gasteiger partial charge in [0.1, 0.15) is 11.6 Å². The van der Waals surface area contributed by atoms with Gasteiger partial charge >= 0.3 is 0 Å². The second-order valence-corrected chi connectivity index (χ2v) is 5.38. The molecule has 0 amide bonds. The van der Waals surface area contributed by atoms with Crippen LogP contribution < -0.4 is 0 Å². The van der Waals surface area contributed by atoms with Crippen molar-refractivity contribution in [3.05, 3.63) is 60.2 Å². The molecule has 0 fully saturated rings. The lowest BCUT2D eigenvalue weighted by Crippen LogP contribution is -1.92. The number of nitrogens with one attached hydrogen (secondary N) is 2. The largest absolute Gasteiger partial charge is 0.396 e. The second kappa shape index (κ2) is 5.70. The van der Waals surface area contributed by atoms with Gasteiger partial charge in [0.05, 0.1) is 22.1 Å². The van der Waals surface area contributed by atoms with Crippen LogP contribution in [0.25, 0.3) is 33.7 Å². The van der Waals surface area contributed by atoms with E-state index in [0.717, 1.165) is 39.3 Å². The molecule has 0 atom stereocenters. The number of H-pyrrole nitrogens is 2. The Morgan fingerprint density at radius 1 is 0.913 bits per heavy atom. The third kappa shape index (κ3) is 2.62. The van der Waals surface area contributed by atoms with Crippen molar-refractivity contribution in [2.45, 2.75) is 6.42 Å². The van der Waals surface area contributed by atoms with Crippen LogP contribution in [0.2, 0.25) is 0 Å². The number of para-hydroxylation sites is 4. The fraction of sp³-hybridized carbons (Fsp3) is 0.111. The van der Waals surface area contributed by atoms with Crippen LogP contribution in [-0.4, -0.2) is 31.6 Å². The summed E-state index contributed by atoms with van der Waals surface area (Å²) in [5.41, 5.74) is 4.73. The fourth-order valence-electron chi connectivity index (χ4n) is 2.69. The van der Waals surface area contributed by atoms with Gasteiger partial charge in [0.15, 0.2) is 0 Å². The Bertz CT molecular complexity index is 930. The van der Waals surface area contributed by atoms with E-state index in [1.165, 1.54) is 0 Å². The van der Waals surface area contributed by atoms with E-state index in [0.29, 0.717) is 6.42 Å². The topological polar surface area (TPSA) is 77.6 Å². The number of hydrogen-bond acceptors (Lipinski definition) is 3. The Balaban J connectivity index is 1.79. The van der Waals surface area contributed by atoms with Crippen molar-refractivity contribution in [2.75, 3.05) is 6.61 Å². The minimum atomic E-state index is 0.0586. The van der Waals surface area contributed by atoms with Gasteiger partial charge in [-0.15, -0.1) is 0 Å². The van der Waals surface area contributed by atoms with E-state index in [1.54, 1.807) is 0 Å². The molecule has 5 nitrogen and oxygen atoms in total. The quantitative estimate of drug-likeness (QED) is 0.541. The average Bonchev–Trinajstić information content (AvgIpc) is 3.17. The van der Waals surface area contributed by atoms with Gasteiger partial charge < -0.3 is 15.1 Å². The molecule has 4 aromatic rings. The smallest absolute Gasteiger partial charge is 0.134 e. The van der Waals surface area contributed by atoms with Gasteiger partial charge in [-0.05, 0) is 36.8 Å². The molecule has 0 aliphatic carbocycles. The van der Waals surface area contributed by atoms with Crippen LogP contribution in [0.3, 0.4) is 0 Å². The summed E-state index contributed by atoms with van der Waals surface area (Å²) in [6.07, 6.45) is 2.45. The highest BCUT2D eigenvalue weighted by atomic mass is 16.3. The van der Waals surface area contributed by atoms with Gasteiger partial charge in [0.2, 0.25) is 0 Å². The monoisotopic (exact) mass is 304 g/mol. The number of nitrogens with zero attached hydrogens (tertiary/aromatic N) is 2. The summed E-state index contributed by atoms with van der Waals surface area (Å²) in [4.78, 5) is 15.7. The van der Waals surface area contributed by atoms with Crippen molar-refractivity contribution in [1.82, 2.24) is 19.9 Å². The highest BCUT2D eigenvalue weighted by Gasteiger charge is 2.09. The number of benzene rings is 2. The lowest BCUT2D eigenvalue weighted by atomic mass is 10.1. The molecule has 0 bridgehead atoms. The maximum absolute atomic E-state index is 9.38. The lowest BCUT2D eigenvalue weighted by molar-refractivity contribution is 0.305. The molecule has 4 rings (SSSR count). The van der Waals surface area contributed by atoms with Gasteiger partial charge in [0.25, 0.3) is 0 Å². The van der Waals surface area contributed by atoms with Crippen LogP contribution in [0.4, 0.5) is 0 Å². The lowest BCUT2D eigenvalue weighted by Gasteiger charge is -2.01. The molecule has 114 valence electrons. The first kappa shape index (κ1) is 13.7. The number of rotatable bonds is 4. The predicted molar refractivity (Wildman–Crippen MR) is 91.8 cm³/mol. The minimum absolute atomic E-state index is 0.0586. The van der Waals surface area contributed by atoms with E-state index >= 15 is 0 Å². The fourth-order valence-corrected chi connectivity index (χ4v) is 2.69. The molecule has 0 spiro atoms. The number of fused-ring (bicyclic) bond motifs is 2. The maximum atomic E-state index is 9.38.